The number of fused-ring (bicyclic) bond motifs is 1. The third-order valence-electron chi connectivity index (χ3n) is 3.38. The Labute approximate surface area is 118 Å². The zero-order valence-corrected chi connectivity index (χ0v) is 12.4. The lowest BCUT2D eigenvalue weighted by Gasteiger charge is -2.36. The van der Waals surface area contributed by atoms with Crippen LogP contribution < -0.4 is 0 Å². The van der Waals surface area contributed by atoms with Crippen LogP contribution in [0.25, 0.3) is 0 Å². The van der Waals surface area contributed by atoms with E-state index >= 15 is 0 Å². The van der Waals surface area contributed by atoms with Gasteiger partial charge in [-0.2, -0.15) is 0 Å². The lowest BCUT2D eigenvalue weighted by Crippen LogP contribution is -2.55. The van der Waals surface area contributed by atoms with Crippen molar-refractivity contribution in [3.8, 4) is 0 Å². The van der Waals surface area contributed by atoms with E-state index in [-0.39, 0.29) is 18.5 Å². The molecule has 0 aliphatic carbocycles. The van der Waals surface area contributed by atoms with Gasteiger partial charge in [0.15, 0.2) is 0 Å². The topological polar surface area (TPSA) is 70.2 Å². The van der Waals surface area contributed by atoms with E-state index in [1.165, 1.54) is 14.7 Å². The van der Waals surface area contributed by atoms with Gasteiger partial charge in [-0.3, -0.25) is 9.69 Å². The summed E-state index contributed by atoms with van der Waals surface area (Å²) in [6, 6.07) is -0.824. The van der Waals surface area contributed by atoms with Crippen molar-refractivity contribution in [1.82, 2.24) is 14.7 Å². The van der Waals surface area contributed by atoms with Crippen LogP contribution in [-0.2, 0) is 9.53 Å². The first kappa shape index (κ1) is 14.6. The molecular formula is C13H21N3O4. The number of carbonyl (C=O) groups is 3. The molecule has 0 N–H and O–H groups in total. The Morgan fingerprint density at radius 3 is 2.50 bits per heavy atom. The first-order valence-electron chi connectivity index (χ1n) is 6.84. The zero-order chi connectivity index (χ0) is 15.1. The molecule has 2 aliphatic rings. The molecular weight excluding hydrogens is 262 g/mol. The zero-order valence-electron chi connectivity index (χ0n) is 12.4. The number of imide groups is 1. The molecule has 20 heavy (non-hydrogen) atoms. The number of ether oxygens (including phenoxy) is 1. The second kappa shape index (κ2) is 4.96. The van der Waals surface area contributed by atoms with Gasteiger partial charge in [-0.25, -0.2) is 9.59 Å². The molecule has 0 aromatic rings. The fraction of sp³-hybridized carbons (Fsp3) is 0.769. The molecule has 7 nitrogen and oxygen atoms in total. The number of amides is 4. The van der Waals surface area contributed by atoms with Crippen LogP contribution in [0.5, 0.6) is 0 Å². The van der Waals surface area contributed by atoms with Crippen LogP contribution in [0.15, 0.2) is 0 Å². The van der Waals surface area contributed by atoms with Crippen molar-refractivity contribution in [3.63, 3.8) is 0 Å². The van der Waals surface area contributed by atoms with Crippen molar-refractivity contribution in [2.24, 2.45) is 0 Å². The smallest absolute Gasteiger partial charge is 0.410 e. The summed E-state index contributed by atoms with van der Waals surface area (Å²) in [5, 5.41) is 0. The summed E-state index contributed by atoms with van der Waals surface area (Å²) in [4.78, 5) is 40.4. The Balaban J connectivity index is 2.06. The number of piperazine rings is 1. The molecule has 0 aromatic carbocycles. The monoisotopic (exact) mass is 283 g/mol. The average Bonchev–Trinajstić information content (AvgIpc) is 2.59. The number of hydrogen-bond acceptors (Lipinski definition) is 4. The maximum atomic E-state index is 12.1. The van der Waals surface area contributed by atoms with E-state index in [4.69, 9.17) is 4.74 Å². The Morgan fingerprint density at radius 1 is 1.30 bits per heavy atom. The molecule has 0 radical (unpaired) electrons. The molecule has 1 unspecified atom stereocenters. The molecule has 7 heteroatoms. The molecule has 2 fully saturated rings. The van der Waals surface area contributed by atoms with Gasteiger partial charge in [0.2, 0.25) is 0 Å². The third kappa shape index (κ3) is 2.57. The first-order valence-corrected chi connectivity index (χ1v) is 6.84. The number of urea groups is 1. The minimum absolute atomic E-state index is 0.204. The van der Waals surface area contributed by atoms with Crippen molar-refractivity contribution in [2.45, 2.75) is 39.3 Å². The van der Waals surface area contributed by atoms with E-state index < -0.39 is 17.7 Å². The largest absolute Gasteiger partial charge is 0.444 e. The quantitative estimate of drug-likeness (QED) is 0.670. The van der Waals surface area contributed by atoms with E-state index in [9.17, 15) is 14.4 Å². The van der Waals surface area contributed by atoms with Gasteiger partial charge in [-0.05, 0) is 27.7 Å². The number of rotatable bonds is 1. The average molecular weight is 283 g/mol. The highest BCUT2D eigenvalue weighted by atomic mass is 16.6. The molecule has 0 spiro atoms. The number of hydrogen-bond donors (Lipinski definition) is 0. The molecule has 2 saturated heterocycles. The predicted molar refractivity (Wildman–Crippen MR) is 71.1 cm³/mol. The normalized spacial score (nSPS) is 23.2. The van der Waals surface area contributed by atoms with Gasteiger partial charge in [0.05, 0.1) is 6.54 Å². The predicted octanol–water partition coefficient (Wildman–Crippen LogP) is 0.890. The fourth-order valence-electron chi connectivity index (χ4n) is 2.44. The molecule has 2 rings (SSSR count). The second-order valence-corrected chi connectivity index (χ2v) is 6.00. The molecule has 0 bridgehead atoms. The summed E-state index contributed by atoms with van der Waals surface area (Å²) in [6.07, 6.45) is -0.438. The van der Waals surface area contributed by atoms with Crippen molar-refractivity contribution >= 4 is 18.0 Å². The number of nitrogens with zero attached hydrogens (tertiary/aromatic N) is 3. The Bertz CT molecular complexity index is 443. The lowest BCUT2D eigenvalue weighted by molar-refractivity contribution is -0.129. The standard InChI is InChI=1S/C13H21N3O4/c1-5-15-10(17)9-8-14(6-7-16(9)11(15)18)12(19)20-13(2,3)4/h9H,5-8H2,1-4H3. The Kier molecular flexibility index (Phi) is 3.62. The summed E-state index contributed by atoms with van der Waals surface area (Å²) in [7, 11) is 0. The molecule has 0 saturated carbocycles. The molecule has 2 heterocycles. The van der Waals surface area contributed by atoms with Crippen LogP contribution in [0.4, 0.5) is 9.59 Å². The van der Waals surface area contributed by atoms with Crippen LogP contribution >= 0.6 is 0 Å². The van der Waals surface area contributed by atoms with Gasteiger partial charge in [0, 0.05) is 19.6 Å². The molecule has 0 aromatic heterocycles. The Hall–Kier alpha value is -1.79. The highest BCUT2D eigenvalue weighted by molar-refractivity contribution is 6.04. The maximum Gasteiger partial charge on any atom is 0.410 e. The molecule has 2 aliphatic heterocycles. The van der Waals surface area contributed by atoms with Crippen LogP contribution in [0.2, 0.25) is 0 Å². The minimum Gasteiger partial charge on any atom is -0.444 e. The van der Waals surface area contributed by atoms with Gasteiger partial charge in [-0.1, -0.05) is 0 Å². The van der Waals surface area contributed by atoms with Crippen LogP contribution in [0, 0.1) is 0 Å². The highest BCUT2D eigenvalue weighted by Gasteiger charge is 2.48. The van der Waals surface area contributed by atoms with Crippen LogP contribution in [-0.4, -0.2) is 70.6 Å². The Morgan fingerprint density at radius 2 is 1.95 bits per heavy atom. The summed E-state index contributed by atoms with van der Waals surface area (Å²) in [5.74, 6) is -0.231. The van der Waals surface area contributed by atoms with Crippen molar-refractivity contribution in [2.75, 3.05) is 26.2 Å². The summed E-state index contributed by atoms with van der Waals surface area (Å²) in [6.45, 7) is 8.47. The van der Waals surface area contributed by atoms with Gasteiger partial charge in [-0.15, -0.1) is 0 Å². The minimum atomic E-state index is -0.570. The van der Waals surface area contributed by atoms with Gasteiger partial charge >= 0.3 is 12.1 Å². The fourth-order valence-corrected chi connectivity index (χ4v) is 2.44. The van der Waals surface area contributed by atoms with Crippen LogP contribution in [0.3, 0.4) is 0 Å². The molecule has 112 valence electrons. The number of likely N-dealkylation sites (N-methyl/N-ethyl adjacent to an activating group) is 1. The second-order valence-electron chi connectivity index (χ2n) is 6.00. The van der Waals surface area contributed by atoms with Gasteiger partial charge in [0.25, 0.3) is 5.91 Å². The van der Waals surface area contributed by atoms with E-state index in [1.807, 2.05) is 0 Å². The molecule has 4 amide bonds. The van der Waals surface area contributed by atoms with Gasteiger partial charge in [0.1, 0.15) is 11.6 Å². The number of carbonyl (C=O) groups excluding carboxylic acids is 3. The van der Waals surface area contributed by atoms with Crippen molar-refractivity contribution in [1.29, 1.82) is 0 Å². The van der Waals surface area contributed by atoms with E-state index in [0.29, 0.717) is 19.6 Å². The van der Waals surface area contributed by atoms with E-state index in [2.05, 4.69) is 0 Å². The van der Waals surface area contributed by atoms with Crippen molar-refractivity contribution < 1.29 is 19.1 Å². The third-order valence-corrected chi connectivity index (χ3v) is 3.38. The van der Waals surface area contributed by atoms with E-state index in [1.54, 1.807) is 27.7 Å². The first-order chi connectivity index (χ1) is 9.24. The highest BCUT2D eigenvalue weighted by Crippen LogP contribution is 2.22. The molecule has 1 atom stereocenters. The summed E-state index contributed by atoms with van der Waals surface area (Å²) < 4.78 is 5.30. The summed E-state index contributed by atoms with van der Waals surface area (Å²) >= 11 is 0. The van der Waals surface area contributed by atoms with Crippen LogP contribution in [0.1, 0.15) is 27.7 Å². The maximum absolute atomic E-state index is 12.1. The van der Waals surface area contributed by atoms with Gasteiger partial charge < -0.3 is 14.5 Å². The van der Waals surface area contributed by atoms with E-state index in [0.717, 1.165) is 0 Å². The SMILES string of the molecule is CCN1C(=O)C2CN(C(=O)OC(C)(C)C)CCN2C1=O. The lowest BCUT2D eigenvalue weighted by atomic mass is 10.2. The summed E-state index contributed by atoms with van der Waals surface area (Å²) in [5.41, 5.74) is -0.570. The van der Waals surface area contributed by atoms with Crippen molar-refractivity contribution in [3.05, 3.63) is 0 Å².